The maximum Gasteiger partial charge on any atom is 0.329 e. The number of carboxylic acids is 1. The van der Waals surface area contributed by atoms with Crippen LogP contribution in [0, 0.1) is 5.92 Å². The molecular formula is C12H19N5O3. The number of carbonyl (C=O) groups is 2. The Morgan fingerprint density at radius 3 is 2.80 bits per heavy atom. The number of aromatic nitrogens is 3. The average molecular weight is 281 g/mol. The lowest BCUT2D eigenvalue weighted by atomic mass is 9.96. The standard InChI is InChI=1S/C12H19N5O3/c1-12(10(18)19,9-3-4-9)15-11(20)13-5-2-7-17-8-6-14-16-17/h6,8-9H,2-5,7H2,1H3,(H,18,19)(H2,13,15,20). The minimum Gasteiger partial charge on any atom is -0.480 e. The molecule has 1 fully saturated rings. The van der Waals surface area contributed by atoms with Gasteiger partial charge in [0.25, 0.3) is 0 Å². The lowest BCUT2D eigenvalue weighted by Gasteiger charge is -2.26. The topological polar surface area (TPSA) is 109 Å². The summed E-state index contributed by atoms with van der Waals surface area (Å²) in [6.07, 6.45) is 5.72. The Kier molecular flexibility index (Phi) is 4.21. The zero-order valence-electron chi connectivity index (χ0n) is 11.4. The lowest BCUT2D eigenvalue weighted by molar-refractivity contribution is -0.144. The van der Waals surface area contributed by atoms with Crippen molar-refractivity contribution < 1.29 is 14.7 Å². The second kappa shape index (κ2) is 5.89. The number of hydrogen-bond donors (Lipinski definition) is 3. The Balaban J connectivity index is 1.70. The van der Waals surface area contributed by atoms with Crippen LogP contribution in [0.25, 0.3) is 0 Å². The predicted molar refractivity (Wildman–Crippen MR) is 69.9 cm³/mol. The Bertz CT molecular complexity index is 471. The van der Waals surface area contributed by atoms with Crippen LogP contribution in [0.15, 0.2) is 12.4 Å². The molecule has 1 aromatic heterocycles. The molecule has 1 aliphatic rings. The first kappa shape index (κ1) is 14.3. The highest BCUT2D eigenvalue weighted by atomic mass is 16.4. The van der Waals surface area contributed by atoms with Crippen molar-refractivity contribution in [3.8, 4) is 0 Å². The third-order valence-electron chi connectivity index (χ3n) is 3.53. The number of amides is 2. The number of carboxylic acid groups (broad SMARTS) is 1. The van der Waals surface area contributed by atoms with Crippen LogP contribution in [-0.2, 0) is 11.3 Å². The monoisotopic (exact) mass is 281 g/mol. The van der Waals surface area contributed by atoms with Crippen LogP contribution in [-0.4, -0.2) is 44.2 Å². The molecule has 2 rings (SSSR count). The highest BCUT2D eigenvalue weighted by Crippen LogP contribution is 2.39. The fourth-order valence-corrected chi connectivity index (χ4v) is 2.07. The van der Waals surface area contributed by atoms with E-state index in [0.29, 0.717) is 19.5 Å². The van der Waals surface area contributed by atoms with E-state index < -0.39 is 17.5 Å². The Morgan fingerprint density at radius 2 is 2.25 bits per heavy atom. The van der Waals surface area contributed by atoms with Gasteiger partial charge in [-0.15, -0.1) is 5.10 Å². The van der Waals surface area contributed by atoms with Crippen molar-refractivity contribution in [3.63, 3.8) is 0 Å². The van der Waals surface area contributed by atoms with Gasteiger partial charge in [0, 0.05) is 19.3 Å². The van der Waals surface area contributed by atoms with E-state index in [2.05, 4.69) is 20.9 Å². The molecule has 0 aliphatic heterocycles. The van der Waals surface area contributed by atoms with E-state index in [1.807, 2.05) is 0 Å². The van der Waals surface area contributed by atoms with Crippen LogP contribution in [0.3, 0.4) is 0 Å². The smallest absolute Gasteiger partial charge is 0.329 e. The van der Waals surface area contributed by atoms with Gasteiger partial charge >= 0.3 is 12.0 Å². The largest absolute Gasteiger partial charge is 0.480 e. The van der Waals surface area contributed by atoms with Crippen LogP contribution < -0.4 is 10.6 Å². The van der Waals surface area contributed by atoms with Crippen molar-refractivity contribution in [2.75, 3.05) is 6.54 Å². The van der Waals surface area contributed by atoms with Crippen molar-refractivity contribution in [1.29, 1.82) is 0 Å². The summed E-state index contributed by atoms with van der Waals surface area (Å²) in [6, 6.07) is -0.444. The molecule has 0 bridgehead atoms. The molecule has 1 aliphatic carbocycles. The van der Waals surface area contributed by atoms with Gasteiger partial charge in [0.05, 0.1) is 6.20 Å². The van der Waals surface area contributed by atoms with Gasteiger partial charge in [-0.3, -0.25) is 4.68 Å². The first-order valence-electron chi connectivity index (χ1n) is 6.66. The van der Waals surface area contributed by atoms with E-state index in [-0.39, 0.29) is 5.92 Å². The Morgan fingerprint density at radius 1 is 1.50 bits per heavy atom. The minimum absolute atomic E-state index is 0.0286. The number of aliphatic carboxylic acids is 1. The normalized spacial score (nSPS) is 17.2. The van der Waals surface area contributed by atoms with Crippen LogP contribution in [0.4, 0.5) is 4.79 Å². The number of carbonyl (C=O) groups excluding carboxylic acids is 1. The first-order chi connectivity index (χ1) is 9.52. The highest BCUT2D eigenvalue weighted by molar-refractivity contribution is 5.86. The molecule has 1 unspecified atom stereocenters. The van der Waals surface area contributed by atoms with Crippen LogP contribution in [0.5, 0.6) is 0 Å². The fourth-order valence-electron chi connectivity index (χ4n) is 2.07. The number of hydrogen-bond acceptors (Lipinski definition) is 4. The molecule has 0 spiro atoms. The van der Waals surface area contributed by atoms with E-state index in [9.17, 15) is 14.7 Å². The number of nitrogens with one attached hydrogen (secondary N) is 2. The van der Waals surface area contributed by atoms with Gasteiger partial charge in [-0.2, -0.15) is 0 Å². The summed E-state index contributed by atoms with van der Waals surface area (Å²) in [4.78, 5) is 23.0. The molecule has 8 nitrogen and oxygen atoms in total. The molecule has 1 heterocycles. The summed E-state index contributed by atoms with van der Waals surface area (Å²) in [5.74, 6) is -0.960. The van der Waals surface area contributed by atoms with Crippen molar-refractivity contribution in [3.05, 3.63) is 12.4 Å². The zero-order chi connectivity index (χ0) is 14.6. The molecule has 110 valence electrons. The van der Waals surface area contributed by atoms with E-state index in [1.54, 1.807) is 24.0 Å². The van der Waals surface area contributed by atoms with Gasteiger partial charge in [0.15, 0.2) is 0 Å². The van der Waals surface area contributed by atoms with E-state index in [0.717, 1.165) is 12.8 Å². The summed E-state index contributed by atoms with van der Waals surface area (Å²) in [7, 11) is 0. The quantitative estimate of drug-likeness (QED) is 0.619. The molecule has 0 radical (unpaired) electrons. The third-order valence-corrected chi connectivity index (χ3v) is 3.53. The Labute approximate surface area is 116 Å². The van der Waals surface area contributed by atoms with Gasteiger partial charge < -0.3 is 15.7 Å². The minimum atomic E-state index is -1.17. The van der Waals surface area contributed by atoms with E-state index in [1.165, 1.54) is 0 Å². The van der Waals surface area contributed by atoms with Crippen molar-refractivity contribution in [1.82, 2.24) is 25.6 Å². The SMILES string of the molecule is CC(NC(=O)NCCCn1ccnn1)(C(=O)O)C1CC1. The van der Waals surface area contributed by atoms with Crippen LogP contribution >= 0.6 is 0 Å². The molecule has 0 saturated heterocycles. The molecule has 1 saturated carbocycles. The van der Waals surface area contributed by atoms with Gasteiger partial charge in [-0.25, -0.2) is 9.59 Å². The molecule has 1 aromatic rings. The van der Waals surface area contributed by atoms with Gasteiger partial charge in [0.2, 0.25) is 0 Å². The van der Waals surface area contributed by atoms with Gasteiger partial charge in [-0.05, 0) is 32.1 Å². The number of nitrogens with zero attached hydrogens (tertiary/aromatic N) is 3. The summed E-state index contributed by atoms with van der Waals surface area (Å²) in [6.45, 7) is 2.66. The second-order valence-electron chi connectivity index (χ2n) is 5.18. The zero-order valence-corrected chi connectivity index (χ0v) is 11.4. The maximum atomic E-state index is 11.7. The number of aryl methyl sites for hydroxylation is 1. The van der Waals surface area contributed by atoms with Crippen molar-refractivity contribution in [2.45, 2.75) is 38.3 Å². The van der Waals surface area contributed by atoms with Gasteiger partial charge in [0.1, 0.15) is 5.54 Å². The second-order valence-corrected chi connectivity index (χ2v) is 5.18. The molecule has 3 N–H and O–H groups in total. The molecule has 20 heavy (non-hydrogen) atoms. The number of rotatable bonds is 7. The fraction of sp³-hybridized carbons (Fsp3) is 0.667. The van der Waals surface area contributed by atoms with Gasteiger partial charge in [-0.1, -0.05) is 5.21 Å². The predicted octanol–water partition coefficient (Wildman–Crippen LogP) is 0.221. The lowest BCUT2D eigenvalue weighted by Crippen LogP contribution is -2.56. The summed E-state index contributed by atoms with van der Waals surface area (Å²) in [5.41, 5.74) is -1.17. The van der Waals surface area contributed by atoms with Crippen molar-refractivity contribution >= 4 is 12.0 Å². The molecule has 8 heteroatoms. The summed E-state index contributed by atoms with van der Waals surface area (Å²) >= 11 is 0. The van der Waals surface area contributed by atoms with E-state index >= 15 is 0 Å². The molecule has 1 atom stereocenters. The average Bonchev–Trinajstić information content (AvgIpc) is 3.13. The van der Waals surface area contributed by atoms with Crippen LogP contribution in [0.1, 0.15) is 26.2 Å². The third kappa shape index (κ3) is 3.46. The van der Waals surface area contributed by atoms with Crippen LogP contribution in [0.2, 0.25) is 0 Å². The first-order valence-corrected chi connectivity index (χ1v) is 6.66. The highest BCUT2D eigenvalue weighted by Gasteiger charge is 2.48. The Hall–Kier alpha value is -2.12. The summed E-state index contributed by atoms with van der Waals surface area (Å²) < 4.78 is 1.67. The van der Waals surface area contributed by atoms with E-state index in [4.69, 9.17) is 0 Å². The molecule has 0 aromatic carbocycles. The molecule has 2 amide bonds. The maximum absolute atomic E-state index is 11.7. The number of urea groups is 1. The molecular weight excluding hydrogens is 262 g/mol. The summed E-state index contributed by atoms with van der Waals surface area (Å²) in [5, 5.41) is 21.9. The van der Waals surface area contributed by atoms with Crippen molar-refractivity contribution in [2.24, 2.45) is 5.92 Å².